The van der Waals surface area contributed by atoms with Crippen LogP contribution >= 0.6 is 0 Å². The van der Waals surface area contributed by atoms with Gasteiger partial charge in [0.15, 0.2) is 41.4 Å². The SMILES string of the molecule is CC1CCC(c2cc(F)c(OCC(F)(F)Oc3cc(F)c(OC(F)F)c(F)c3)c(F)c2)CC1. The third-order valence-corrected chi connectivity index (χ3v) is 5.34. The lowest BCUT2D eigenvalue weighted by atomic mass is 9.79. The number of hydrogen-bond acceptors (Lipinski definition) is 3. The van der Waals surface area contributed by atoms with E-state index in [-0.39, 0.29) is 18.1 Å². The first-order chi connectivity index (χ1) is 15.4. The van der Waals surface area contributed by atoms with E-state index < -0.39 is 59.8 Å². The van der Waals surface area contributed by atoms with Gasteiger partial charge in [-0.05, 0) is 42.4 Å². The predicted octanol–water partition coefficient (Wildman–Crippen LogP) is 7.19. The largest absolute Gasteiger partial charge is 0.477 e. The van der Waals surface area contributed by atoms with Crippen molar-refractivity contribution in [2.45, 2.75) is 51.2 Å². The van der Waals surface area contributed by atoms with Crippen LogP contribution in [0.2, 0.25) is 0 Å². The quantitative estimate of drug-likeness (QED) is 0.371. The van der Waals surface area contributed by atoms with Crippen LogP contribution in [0.15, 0.2) is 24.3 Å². The van der Waals surface area contributed by atoms with Crippen molar-refractivity contribution in [3.8, 4) is 17.2 Å². The maximum atomic E-state index is 14.4. The van der Waals surface area contributed by atoms with E-state index in [4.69, 9.17) is 0 Å². The molecule has 1 fully saturated rings. The van der Waals surface area contributed by atoms with Gasteiger partial charge in [-0.1, -0.05) is 19.8 Å². The van der Waals surface area contributed by atoms with Crippen molar-refractivity contribution >= 4 is 0 Å². The van der Waals surface area contributed by atoms with Gasteiger partial charge in [-0.25, -0.2) is 17.6 Å². The van der Waals surface area contributed by atoms with Gasteiger partial charge < -0.3 is 14.2 Å². The zero-order chi connectivity index (χ0) is 24.3. The highest BCUT2D eigenvalue weighted by Gasteiger charge is 2.35. The van der Waals surface area contributed by atoms with Crippen LogP contribution in [0.4, 0.5) is 35.1 Å². The summed E-state index contributed by atoms with van der Waals surface area (Å²) in [6.45, 7) is -3.15. The minimum atomic E-state index is -4.28. The molecule has 0 spiro atoms. The Balaban J connectivity index is 1.67. The maximum absolute atomic E-state index is 14.4. The van der Waals surface area contributed by atoms with Gasteiger partial charge in [-0.2, -0.15) is 17.6 Å². The van der Waals surface area contributed by atoms with E-state index >= 15 is 0 Å². The first-order valence-electron chi connectivity index (χ1n) is 10.1. The number of ether oxygens (including phenoxy) is 3. The number of hydrogen-bond donors (Lipinski definition) is 0. The summed E-state index contributed by atoms with van der Waals surface area (Å²) in [5.41, 5.74) is 0.407. The van der Waals surface area contributed by atoms with E-state index in [1.807, 2.05) is 0 Å². The molecule has 2 aromatic carbocycles. The molecule has 0 aliphatic heterocycles. The van der Waals surface area contributed by atoms with Gasteiger partial charge in [-0.15, -0.1) is 0 Å². The van der Waals surface area contributed by atoms with Crippen LogP contribution in [-0.4, -0.2) is 19.3 Å². The molecule has 33 heavy (non-hydrogen) atoms. The van der Waals surface area contributed by atoms with Crippen molar-refractivity contribution in [3.05, 3.63) is 53.1 Å². The highest BCUT2D eigenvalue weighted by Crippen LogP contribution is 2.38. The molecular weight excluding hydrogens is 464 g/mol. The third-order valence-electron chi connectivity index (χ3n) is 5.34. The number of halogens is 8. The average Bonchev–Trinajstić information content (AvgIpc) is 2.70. The van der Waals surface area contributed by atoms with E-state index in [9.17, 15) is 35.1 Å². The monoisotopic (exact) mass is 484 g/mol. The van der Waals surface area contributed by atoms with Gasteiger partial charge in [0.1, 0.15) is 5.75 Å². The van der Waals surface area contributed by atoms with Gasteiger partial charge in [0.05, 0.1) is 0 Å². The fourth-order valence-corrected chi connectivity index (χ4v) is 3.70. The zero-order valence-corrected chi connectivity index (χ0v) is 17.3. The van der Waals surface area contributed by atoms with Gasteiger partial charge >= 0.3 is 12.7 Å². The highest BCUT2D eigenvalue weighted by molar-refractivity contribution is 5.35. The Kier molecular flexibility index (Phi) is 7.58. The molecule has 11 heteroatoms. The maximum Gasteiger partial charge on any atom is 0.433 e. The van der Waals surface area contributed by atoms with E-state index in [2.05, 4.69) is 21.1 Å². The number of alkyl halides is 4. The van der Waals surface area contributed by atoms with Crippen LogP contribution < -0.4 is 14.2 Å². The second-order valence-electron chi connectivity index (χ2n) is 7.89. The van der Waals surface area contributed by atoms with Crippen LogP contribution in [0.1, 0.15) is 44.1 Å². The first-order valence-corrected chi connectivity index (χ1v) is 10.1. The molecule has 0 atom stereocenters. The molecule has 182 valence electrons. The smallest absolute Gasteiger partial charge is 0.433 e. The van der Waals surface area contributed by atoms with Crippen molar-refractivity contribution in [1.29, 1.82) is 0 Å². The summed E-state index contributed by atoms with van der Waals surface area (Å²) >= 11 is 0. The predicted molar refractivity (Wildman–Crippen MR) is 101 cm³/mol. The van der Waals surface area contributed by atoms with Crippen molar-refractivity contribution in [3.63, 3.8) is 0 Å². The summed E-state index contributed by atoms with van der Waals surface area (Å²) in [6, 6.07) is 2.44. The second kappa shape index (κ2) is 10.0. The lowest BCUT2D eigenvalue weighted by molar-refractivity contribution is -0.196. The fraction of sp³-hybridized carbons (Fsp3) is 0.455. The summed E-state index contributed by atoms with van der Waals surface area (Å²) < 4.78 is 121. The molecule has 1 aliphatic carbocycles. The first kappa shape index (κ1) is 24.9. The molecule has 1 saturated carbocycles. The Hall–Kier alpha value is -2.72. The average molecular weight is 484 g/mol. The van der Waals surface area contributed by atoms with Crippen LogP contribution in [0.25, 0.3) is 0 Å². The molecule has 3 nitrogen and oxygen atoms in total. The summed E-state index contributed by atoms with van der Waals surface area (Å²) in [6.07, 6.45) is -0.958. The van der Waals surface area contributed by atoms with E-state index in [1.54, 1.807) is 0 Å². The Morgan fingerprint density at radius 3 is 1.88 bits per heavy atom. The summed E-state index contributed by atoms with van der Waals surface area (Å²) in [5, 5.41) is 0. The van der Waals surface area contributed by atoms with Crippen molar-refractivity contribution in [2.24, 2.45) is 5.92 Å². The molecule has 0 unspecified atom stereocenters. The van der Waals surface area contributed by atoms with Crippen molar-refractivity contribution in [1.82, 2.24) is 0 Å². The van der Waals surface area contributed by atoms with E-state index in [0.717, 1.165) is 37.8 Å². The minimum absolute atomic E-state index is 0.0501. The Labute approximate surface area is 184 Å². The molecule has 0 bridgehead atoms. The Bertz CT molecular complexity index is 928. The molecular formula is C22H20F8O3. The summed E-state index contributed by atoms with van der Waals surface area (Å²) in [4.78, 5) is 0. The summed E-state index contributed by atoms with van der Waals surface area (Å²) in [7, 11) is 0. The zero-order valence-electron chi connectivity index (χ0n) is 17.3. The third kappa shape index (κ3) is 6.42. The van der Waals surface area contributed by atoms with Gasteiger partial charge in [0.25, 0.3) is 0 Å². The molecule has 3 rings (SSSR count). The second-order valence-corrected chi connectivity index (χ2v) is 7.89. The standard InChI is InChI=1S/C22H20F8O3/c1-11-2-4-12(5-3-11)13-6-15(23)19(16(24)7-13)31-10-22(29,30)33-14-8-17(25)20(18(26)9-14)32-21(27)28/h6-9,11-12,21H,2-5,10H2,1H3. The van der Waals surface area contributed by atoms with Crippen LogP contribution in [0, 0.1) is 29.2 Å². The van der Waals surface area contributed by atoms with Crippen molar-refractivity contribution < 1.29 is 49.3 Å². The summed E-state index contributed by atoms with van der Waals surface area (Å²) in [5.74, 6) is -8.92. The topological polar surface area (TPSA) is 27.7 Å². The number of benzene rings is 2. The molecule has 0 aromatic heterocycles. The van der Waals surface area contributed by atoms with Gasteiger partial charge in [0.2, 0.25) is 0 Å². The molecule has 0 saturated heterocycles. The van der Waals surface area contributed by atoms with Crippen molar-refractivity contribution in [2.75, 3.05) is 6.61 Å². The molecule has 0 radical (unpaired) electrons. The van der Waals surface area contributed by atoms with E-state index in [1.165, 1.54) is 0 Å². The number of rotatable bonds is 8. The van der Waals surface area contributed by atoms with Crippen LogP contribution in [0.5, 0.6) is 17.2 Å². The van der Waals surface area contributed by atoms with Gasteiger partial charge in [-0.3, -0.25) is 0 Å². The van der Waals surface area contributed by atoms with Crippen LogP contribution in [-0.2, 0) is 0 Å². The highest BCUT2D eigenvalue weighted by atomic mass is 19.3. The molecule has 0 N–H and O–H groups in total. The lowest BCUT2D eigenvalue weighted by Gasteiger charge is -2.27. The van der Waals surface area contributed by atoms with E-state index in [0.29, 0.717) is 11.5 Å². The molecule has 2 aromatic rings. The fourth-order valence-electron chi connectivity index (χ4n) is 3.70. The van der Waals surface area contributed by atoms with Crippen LogP contribution in [0.3, 0.4) is 0 Å². The molecule has 0 amide bonds. The molecule has 0 heterocycles. The minimum Gasteiger partial charge on any atom is -0.477 e. The van der Waals surface area contributed by atoms with Gasteiger partial charge in [0, 0.05) is 12.1 Å². The normalized spacial score (nSPS) is 19.0. The lowest BCUT2D eigenvalue weighted by Crippen LogP contribution is -2.33. The molecule has 1 aliphatic rings. The Morgan fingerprint density at radius 1 is 0.848 bits per heavy atom. The Morgan fingerprint density at radius 2 is 1.36 bits per heavy atom.